The summed E-state index contributed by atoms with van der Waals surface area (Å²) < 4.78 is 5.68. The standard InChI is InChI=1S/C29H29ClN4O2.2ClH/c1-21-19-27(24-12-11-22(30)20-28(24)31-21)32-26-10-6-5-9-25(26)29(35)36-18-17-33-13-15-34(16-14-33)23-7-3-2-4-8-23;;/h2-12,19-20H,13-18H2,1H3,(H,31,32);2*1H. The maximum absolute atomic E-state index is 13.0. The van der Waals surface area contributed by atoms with E-state index in [2.05, 4.69) is 44.4 Å². The molecule has 1 aromatic heterocycles. The van der Waals surface area contributed by atoms with Crippen LogP contribution in [0.5, 0.6) is 0 Å². The average Bonchev–Trinajstić information content (AvgIpc) is 2.89. The molecule has 1 saturated heterocycles. The number of para-hydroxylation sites is 2. The van der Waals surface area contributed by atoms with Gasteiger partial charge in [0.25, 0.3) is 0 Å². The van der Waals surface area contributed by atoms with Gasteiger partial charge in [-0.1, -0.05) is 41.9 Å². The first-order valence-corrected chi connectivity index (χ1v) is 12.6. The molecule has 1 fully saturated rings. The number of piperazine rings is 1. The second kappa shape index (κ2) is 13.7. The van der Waals surface area contributed by atoms with E-state index in [9.17, 15) is 4.79 Å². The van der Waals surface area contributed by atoms with Crippen molar-refractivity contribution in [1.82, 2.24) is 9.88 Å². The summed E-state index contributed by atoms with van der Waals surface area (Å²) >= 11 is 6.16. The summed E-state index contributed by atoms with van der Waals surface area (Å²) in [7, 11) is 0. The molecule has 9 heteroatoms. The zero-order chi connectivity index (χ0) is 24.9. The van der Waals surface area contributed by atoms with Crippen molar-refractivity contribution in [3.8, 4) is 0 Å². The van der Waals surface area contributed by atoms with Crippen LogP contribution in [-0.2, 0) is 4.74 Å². The molecule has 0 saturated carbocycles. The van der Waals surface area contributed by atoms with Gasteiger partial charge in [0.15, 0.2) is 0 Å². The molecule has 0 spiro atoms. The number of fused-ring (bicyclic) bond motifs is 1. The monoisotopic (exact) mass is 572 g/mol. The Bertz CT molecular complexity index is 1360. The van der Waals surface area contributed by atoms with E-state index in [1.807, 2.05) is 55.5 Å². The predicted molar refractivity (Wildman–Crippen MR) is 161 cm³/mol. The van der Waals surface area contributed by atoms with Gasteiger partial charge in [-0.2, -0.15) is 0 Å². The van der Waals surface area contributed by atoms with Gasteiger partial charge in [-0.3, -0.25) is 9.88 Å². The number of benzene rings is 3. The molecule has 3 aromatic carbocycles. The Morgan fingerprint density at radius 2 is 1.63 bits per heavy atom. The molecule has 1 N–H and O–H groups in total. The van der Waals surface area contributed by atoms with Crippen LogP contribution in [0.25, 0.3) is 10.9 Å². The predicted octanol–water partition coefficient (Wildman–Crippen LogP) is 6.76. The Morgan fingerprint density at radius 3 is 2.39 bits per heavy atom. The smallest absolute Gasteiger partial charge is 0.340 e. The van der Waals surface area contributed by atoms with E-state index in [1.165, 1.54) is 5.69 Å². The van der Waals surface area contributed by atoms with Gasteiger partial charge in [-0.05, 0) is 55.5 Å². The number of ether oxygens (including phenoxy) is 1. The summed E-state index contributed by atoms with van der Waals surface area (Å²) in [5, 5.41) is 4.99. The number of aromatic nitrogens is 1. The van der Waals surface area contributed by atoms with Gasteiger partial charge in [0.2, 0.25) is 0 Å². The van der Waals surface area contributed by atoms with Gasteiger partial charge in [0, 0.05) is 60.2 Å². The summed E-state index contributed by atoms with van der Waals surface area (Å²) in [5.41, 5.74) is 4.99. The van der Waals surface area contributed by atoms with Gasteiger partial charge in [0.1, 0.15) is 6.61 Å². The molecular formula is C29H31Cl3N4O2. The van der Waals surface area contributed by atoms with E-state index in [1.54, 1.807) is 6.07 Å². The lowest BCUT2D eigenvalue weighted by atomic mass is 10.1. The minimum absolute atomic E-state index is 0. The molecule has 1 aliphatic rings. The Morgan fingerprint density at radius 1 is 0.921 bits per heavy atom. The molecule has 2 heterocycles. The molecular weight excluding hydrogens is 543 g/mol. The molecule has 0 aliphatic carbocycles. The van der Waals surface area contributed by atoms with Crippen LogP contribution >= 0.6 is 36.4 Å². The molecule has 4 aromatic rings. The van der Waals surface area contributed by atoms with Crippen LogP contribution < -0.4 is 10.2 Å². The molecule has 0 amide bonds. The molecule has 1 aliphatic heterocycles. The molecule has 5 rings (SSSR count). The number of carbonyl (C=O) groups is 1. The summed E-state index contributed by atoms with van der Waals surface area (Å²) in [6.45, 7) is 6.84. The molecule has 6 nitrogen and oxygen atoms in total. The number of esters is 1. The van der Waals surface area contributed by atoms with Crippen molar-refractivity contribution in [2.45, 2.75) is 6.92 Å². The number of anilines is 3. The van der Waals surface area contributed by atoms with Crippen molar-refractivity contribution in [2.75, 3.05) is 49.5 Å². The topological polar surface area (TPSA) is 57.7 Å². The Hall–Kier alpha value is -3.03. The number of hydrogen-bond acceptors (Lipinski definition) is 6. The third kappa shape index (κ3) is 7.08. The summed E-state index contributed by atoms with van der Waals surface area (Å²) in [5.74, 6) is -0.334. The van der Waals surface area contributed by atoms with Gasteiger partial charge in [-0.15, -0.1) is 24.8 Å². The van der Waals surface area contributed by atoms with Crippen LogP contribution in [0.4, 0.5) is 17.1 Å². The lowest BCUT2D eigenvalue weighted by molar-refractivity contribution is 0.0460. The minimum Gasteiger partial charge on any atom is -0.461 e. The number of hydrogen-bond donors (Lipinski definition) is 1. The van der Waals surface area contributed by atoms with E-state index in [-0.39, 0.29) is 30.8 Å². The lowest BCUT2D eigenvalue weighted by Crippen LogP contribution is -2.47. The Balaban J connectivity index is 0.00000200. The zero-order valence-corrected chi connectivity index (χ0v) is 23.5. The van der Waals surface area contributed by atoms with E-state index in [0.29, 0.717) is 22.9 Å². The maximum atomic E-state index is 13.0. The Labute approximate surface area is 240 Å². The van der Waals surface area contributed by atoms with Crippen LogP contribution in [0.1, 0.15) is 16.1 Å². The number of nitrogens with zero attached hydrogens (tertiary/aromatic N) is 3. The summed E-state index contributed by atoms with van der Waals surface area (Å²) in [4.78, 5) is 22.3. The first kappa shape index (κ1) is 29.5. The molecule has 0 atom stereocenters. The fourth-order valence-electron chi connectivity index (χ4n) is 4.57. The van der Waals surface area contributed by atoms with Crippen molar-refractivity contribution < 1.29 is 9.53 Å². The molecule has 0 radical (unpaired) electrons. The number of pyridine rings is 1. The van der Waals surface area contributed by atoms with E-state index in [4.69, 9.17) is 16.3 Å². The van der Waals surface area contributed by atoms with Gasteiger partial charge >= 0.3 is 5.97 Å². The highest BCUT2D eigenvalue weighted by atomic mass is 35.5. The van der Waals surface area contributed by atoms with Crippen molar-refractivity contribution in [1.29, 1.82) is 0 Å². The maximum Gasteiger partial charge on any atom is 0.340 e. The number of aryl methyl sites for hydroxylation is 1. The van der Waals surface area contributed by atoms with Crippen LogP contribution in [0.3, 0.4) is 0 Å². The van der Waals surface area contributed by atoms with Gasteiger partial charge in [-0.25, -0.2) is 4.79 Å². The normalized spacial score (nSPS) is 13.4. The number of carbonyl (C=O) groups excluding carboxylic acids is 1. The van der Waals surface area contributed by atoms with Crippen molar-refractivity contribution >= 4 is 70.3 Å². The zero-order valence-electron chi connectivity index (χ0n) is 21.1. The Kier molecular flexibility index (Phi) is 10.6. The third-order valence-electron chi connectivity index (χ3n) is 6.45. The highest BCUT2D eigenvalue weighted by molar-refractivity contribution is 6.31. The van der Waals surface area contributed by atoms with Crippen LogP contribution in [0.2, 0.25) is 5.02 Å². The van der Waals surface area contributed by atoms with Gasteiger partial charge in [0.05, 0.1) is 16.8 Å². The fraction of sp³-hybridized carbons (Fsp3) is 0.241. The minimum atomic E-state index is -0.334. The van der Waals surface area contributed by atoms with Crippen LogP contribution in [0.15, 0.2) is 78.9 Å². The fourth-order valence-corrected chi connectivity index (χ4v) is 4.73. The van der Waals surface area contributed by atoms with E-state index >= 15 is 0 Å². The highest BCUT2D eigenvalue weighted by Gasteiger charge is 2.18. The van der Waals surface area contributed by atoms with Crippen LogP contribution in [0, 0.1) is 6.92 Å². The first-order valence-electron chi connectivity index (χ1n) is 12.2. The van der Waals surface area contributed by atoms with E-state index in [0.717, 1.165) is 55.0 Å². The SMILES string of the molecule is Cc1cc(Nc2ccccc2C(=O)OCCN2CCN(c3ccccc3)CC2)c2ccc(Cl)cc2n1.Cl.Cl. The van der Waals surface area contributed by atoms with Crippen molar-refractivity contribution in [3.05, 3.63) is 95.1 Å². The lowest BCUT2D eigenvalue weighted by Gasteiger charge is -2.35. The third-order valence-corrected chi connectivity index (χ3v) is 6.69. The van der Waals surface area contributed by atoms with Crippen LogP contribution in [-0.4, -0.2) is 55.2 Å². The van der Waals surface area contributed by atoms with E-state index < -0.39 is 0 Å². The molecule has 0 unspecified atom stereocenters. The number of rotatable bonds is 7. The molecule has 0 bridgehead atoms. The molecule has 38 heavy (non-hydrogen) atoms. The van der Waals surface area contributed by atoms with Crippen molar-refractivity contribution in [3.63, 3.8) is 0 Å². The second-order valence-corrected chi connectivity index (χ2v) is 9.38. The average molecular weight is 574 g/mol. The number of halogens is 3. The molecule has 200 valence electrons. The van der Waals surface area contributed by atoms with Gasteiger partial charge < -0.3 is 15.0 Å². The largest absolute Gasteiger partial charge is 0.461 e. The highest BCUT2D eigenvalue weighted by Crippen LogP contribution is 2.30. The second-order valence-electron chi connectivity index (χ2n) is 8.94. The quantitative estimate of drug-likeness (QED) is 0.247. The first-order chi connectivity index (χ1) is 17.6. The summed E-state index contributed by atoms with van der Waals surface area (Å²) in [6.07, 6.45) is 0. The number of nitrogens with one attached hydrogen (secondary N) is 1. The van der Waals surface area contributed by atoms with Crippen molar-refractivity contribution in [2.24, 2.45) is 0 Å². The summed E-state index contributed by atoms with van der Waals surface area (Å²) in [6, 6.07) is 25.5.